The monoisotopic (exact) mass is 226 g/mol. The minimum absolute atomic E-state index is 0.216. The van der Waals surface area contributed by atoms with E-state index in [-0.39, 0.29) is 12.6 Å². The second-order valence-corrected chi connectivity index (χ2v) is 3.55. The predicted octanol–water partition coefficient (Wildman–Crippen LogP) is 0.0147. The van der Waals surface area contributed by atoms with Gasteiger partial charge in [0.25, 0.3) is 5.91 Å². The van der Waals surface area contributed by atoms with Crippen molar-refractivity contribution in [3.8, 4) is 0 Å². The summed E-state index contributed by atoms with van der Waals surface area (Å²) in [5.74, 6) is -0.494. The number of ether oxygens (including phenoxy) is 1. The third kappa shape index (κ3) is 3.28. The van der Waals surface area contributed by atoms with Crippen molar-refractivity contribution in [3.05, 3.63) is 0 Å². The molecular formula is C6H8Cl2N2O3. The Morgan fingerprint density at radius 2 is 2.46 bits per heavy atom. The van der Waals surface area contributed by atoms with E-state index in [4.69, 9.17) is 27.9 Å². The number of amides is 2. The number of halogens is 2. The fraction of sp³-hybridized carbons (Fsp3) is 0.667. The van der Waals surface area contributed by atoms with Crippen LogP contribution in [0.25, 0.3) is 0 Å². The van der Waals surface area contributed by atoms with Crippen LogP contribution in [0.15, 0.2) is 0 Å². The van der Waals surface area contributed by atoms with Gasteiger partial charge in [0.2, 0.25) is 0 Å². The smallest absolute Gasteiger partial charge is 0.407 e. The van der Waals surface area contributed by atoms with Gasteiger partial charge in [0, 0.05) is 0 Å². The first-order valence-corrected chi connectivity index (χ1v) is 4.47. The molecule has 1 aliphatic rings. The van der Waals surface area contributed by atoms with Crippen molar-refractivity contribution in [2.45, 2.75) is 10.9 Å². The number of cyclic esters (lactones) is 1. The SMILES string of the molecule is O=C1NC[C@H](CNC(=O)C(Cl)Cl)O1. The number of carbonyl (C=O) groups excluding carboxylic acids is 2. The van der Waals surface area contributed by atoms with Crippen molar-refractivity contribution in [1.29, 1.82) is 0 Å². The Balaban J connectivity index is 2.19. The Morgan fingerprint density at radius 1 is 1.77 bits per heavy atom. The number of hydrogen-bond acceptors (Lipinski definition) is 3. The molecule has 74 valence electrons. The zero-order valence-corrected chi connectivity index (χ0v) is 8.06. The minimum atomic E-state index is -1.09. The molecule has 0 radical (unpaired) electrons. The zero-order chi connectivity index (χ0) is 9.84. The maximum absolute atomic E-state index is 10.8. The van der Waals surface area contributed by atoms with Crippen molar-refractivity contribution in [2.24, 2.45) is 0 Å². The van der Waals surface area contributed by atoms with Crippen LogP contribution >= 0.6 is 23.2 Å². The number of alkyl carbamates (subject to hydrolysis) is 1. The highest BCUT2D eigenvalue weighted by molar-refractivity contribution is 6.53. The minimum Gasteiger partial charge on any atom is -0.442 e. The van der Waals surface area contributed by atoms with E-state index in [0.717, 1.165) is 0 Å². The zero-order valence-electron chi connectivity index (χ0n) is 6.55. The van der Waals surface area contributed by atoms with Crippen LogP contribution in [0, 0.1) is 0 Å². The standard InChI is InChI=1S/C6H8Cl2N2O3/c7-4(8)5(11)9-1-3-2-10-6(12)13-3/h3-4H,1-2H2,(H,9,11)(H,10,12)/t3-/m0/s1. The number of alkyl halides is 2. The number of hydrogen-bond donors (Lipinski definition) is 2. The summed E-state index contributed by atoms with van der Waals surface area (Å²) in [6, 6.07) is 0. The molecule has 0 aromatic rings. The van der Waals surface area contributed by atoms with Gasteiger partial charge < -0.3 is 15.4 Å². The van der Waals surface area contributed by atoms with Gasteiger partial charge in [-0.1, -0.05) is 23.2 Å². The molecule has 0 aliphatic carbocycles. The lowest BCUT2D eigenvalue weighted by Crippen LogP contribution is -2.36. The van der Waals surface area contributed by atoms with Gasteiger partial charge in [-0.15, -0.1) is 0 Å². The van der Waals surface area contributed by atoms with Crippen molar-refractivity contribution >= 4 is 35.2 Å². The molecule has 2 amide bonds. The Hall–Kier alpha value is -0.680. The topological polar surface area (TPSA) is 67.4 Å². The van der Waals surface area contributed by atoms with Gasteiger partial charge in [-0.2, -0.15) is 0 Å². The maximum Gasteiger partial charge on any atom is 0.407 e. The van der Waals surface area contributed by atoms with E-state index in [2.05, 4.69) is 10.6 Å². The normalized spacial score (nSPS) is 21.2. The molecule has 0 aromatic heterocycles. The van der Waals surface area contributed by atoms with E-state index in [1.165, 1.54) is 0 Å². The van der Waals surface area contributed by atoms with Crippen molar-refractivity contribution < 1.29 is 14.3 Å². The third-order valence-corrected chi connectivity index (χ3v) is 1.85. The maximum atomic E-state index is 10.8. The molecule has 1 saturated heterocycles. The lowest BCUT2D eigenvalue weighted by Gasteiger charge is -2.09. The predicted molar refractivity (Wildman–Crippen MR) is 46.8 cm³/mol. The number of carbonyl (C=O) groups is 2. The molecule has 5 nitrogen and oxygen atoms in total. The Labute approximate surface area is 84.7 Å². The van der Waals surface area contributed by atoms with Gasteiger partial charge in [-0.3, -0.25) is 4.79 Å². The average Bonchev–Trinajstić information content (AvgIpc) is 2.47. The summed E-state index contributed by atoms with van der Waals surface area (Å²) in [6.07, 6.45) is -0.823. The van der Waals surface area contributed by atoms with Crippen molar-refractivity contribution in [2.75, 3.05) is 13.1 Å². The Kier molecular flexibility index (Phi) is 3.62. The van der Waals surface area contributed by atoms with E-state index < -0.39 is 16.8 Å². The molecule has 1 atom stereocenters. The third-order valence-electron chi connectivity index (χ3n) is 1.45. The number of rotatable bonds is 3. The summed E-state index contributed by atoms with van der Waals surface area (Å²) in [4.78, 5) is 20.3. The molecule has 1 heterocycles. The van der Waals surface area contributed by atoms with Gasteiger partial charge in [0.05, 0.1) is 13.1 Å². The molecule has 0 spiro atoms. The van der Waals surface area contributed by atoms with Crippen LogP contribution in [0.2, 0.25) is 0 Å². The fourth-order valence-corrected chi connectivity index (χ4v) is 0.992. The lowest BCUT2D eigenvalue weighted by atomic mass is 10.3. The average molecular weight is 227 g/mol. The van der Waals surface area contributed by atoms with Crippen molar-refractivity contribution in [1.82, 2.24) is 10.6 Å². The van der Waals surface area contributed by atoms with E-state index in [0.29, 0.717) is 6.54 Å². The van der Waals surface area contributed by atoms with Crippen LogP contribution in [0.5, 0.6) is 0 Å². The second-order valence-electron chi connectivity index (χ2n) is 2.45. The summed E-state index contributed by atoms with van der Waals surface area (Å²) in [5.41, 5.74) is 0. The molecule has 1 rings (SSSR count). The van der Waals surface area contributed by atoms with Gasteiger partial charge in [0.1, 0.15) is 6.10 Å². The molecule has 7 heteroatoms. The van der Waals surface area contributed by atoms with Gasteiger partial charge >= 0.3 is 6.09 Å². The van der Waals surface area contributed by atoms with Crippen LogP contribution in [0.4, 0.5) is 4.79 Å². The van der Waals surface area contributed by atoms with Gasteiger partial charge in [0.15, 0.2) is 4.84 Å². The molecule has 0 bridgehead atoms. The van der Waals surface area contributed by atoms with Gasteiger partial charge in [-0.25, -0.2) is 4.79 Å². The first-order valence-electron chi connectivity index (χ1n) is 3.60. The summed E-state index contributed by atoms with van der Waals surface area (Å²) in [7, 11) is 0. The molecule has 1 fully saturated rings. The van der Waals surface area contributed by atoms with E-state index in [1.807, 2.05) is 0 Å². The molecule has 13 heavy (non-hydrogen) atoms. The largest absolute Gasteiger partial charge is 0.442 e. The van der Waals surface area contributed by atoms with Crippen LogP contribution in [-0.4, -0.2) is 36.0 Å². The summed E-state index contributed by atoms with van der Waals surface area (Å²) >= 11 is 10.5. The first kappa shape index (κ1) is 10.4. The molecule has 0 saturated carbocycles. The first-order chi connectivity index (χ1) is 6.09. The van der Waals surface area contributed by atoms with E-state index in [9.17, 15) is 9.59 Å². The molecular weight excluding hydrogens is 219 g/mol. The van der Waals surface area contributed by atoms with Crippen molar-refractivity contribution in [3.63, 3.8) is 0 Å². The van der Waals surface area contributed by atoms with E-state index in [1.54, 1.807) is 0 Å². The van der Waals surface area contributed by atoms with Crippen LogP contribution in [-0.2, 0) is 9.53 Å². The summed E-state index contributed by atoms with van der Waals surface area (Å²) in [6.45, 7) is 0.599. The quantitative estimate of drug-likeness (QED) is 0.667. The van der Waals surface area contributed by atoms with E-state index >= 15 is 0 Å². The highest BCUT2D eigenvalue weighted by Crippen LogP contribution is 2.02. The summed E-state index contributed by atoms with van der Waals surface area (Å²) < 4.78 is 4.74. The molecule has 2 N–H and O–H groups in total. The highest BCUT2D eigenvalue weighted by atomic mass is 35.5. The Bertz CT molecular complexity index is 222. The summed E-state index contributed by atoms with van der Waals surface area (Å²) in [5, 5.41) is 4.87. The Morgan fingerprint density at radius 3 is 2.92 bits per heavy atom. The lowest BCUT2D eigenvalue weighted by molar-refractivity contribution is -0.119. The second kappa shape index (κ2) is 4.53. The molecule has 0 aromatic carbocycles. The number of nitrogens with one attached hydrogen (secondary N) is 2. The fourth-order valence-electron chi connectivity index (χ4n) is 0.837. The molecule has 1 aliphatic heterocycles. The van der Waals surface area contributed by atoms with Crippen LogP contribution in [0.1, 0.15) is 0 Å². The molecule has 0 unspecified atom stereocenters. The van der Waals surface area contributed by atoms with Gasteiger partial charge in [-0.05, 0) is 0 Å². The highest BCUT2D eigenvalue weighted by Gasteiger charge is 2.23. The van der Waals surface area contributed by atoms with Crippen LogP contribution in [0.3, 0.4) is 0 Å². The van der Waals surface area contributed by atoms with Crippen LogP contribution < -0.4 is 10.6 Å².